The number of para-hydroxylation sites is 1. The summed E-state index contributed by atoms with van der Waals surface area (Å²) < 4.78 is 0.786. The first-order valence-corrected chi connectivity index (χ1v) is 5.60. The number of halogens is 1. The standard InChI is InChI=1S/C12H10BrN3/c13-12-10(5-4-8-14-12)9-15-16-11-6-2-1-3-7-11/h1-9,16H. The molecule has 0 saturated heterocycles. The third-order valence-electron chi connectivity index (χ3n) is 1.96. The van der Waals surface area contributed by atoms with Crippen LogP contribution in [0.25, 0.3) is 0 Å². The highest BCUT2D eigenvalue weighted by Crippen LogP contribution is 2.10. The van der Waals surface area contributed by atoms with E-state index in [4.69, 9.17) is 0 Å². The molecule has 80 valence electrons. The Morgan fingerprint density at radius 2 is 1.94 bits per heavy atom. The fraction of sp³-hybridized carbons (Fsp3) is 0. The van der Waals surface area contributed by atoms with Crippen LogP contribution in [0, 0.1) is 0 Å². The van der Waals surface area contributed by atoms with Crippen LogP contribution in [-0.4, -0.2) is 11.2 Å². The van der Waals surface area contributed by atoms with Gasteiger partial charge in [0, 0.05) is 11.8 Å². The number of aromatic nitrogens is 1. The molecule has 0 saturated carbocycles. The molecule has 3 nitrogen and oxygen atoms in total. The molecule has 0 aliphatic carbocycles. The maximum absolute atomic E-state index is 4.13. The van der Waals surface area contributed by atoms with Crippen molar-refractivity contribution in [3.63, 3.8) is 0 Å². The molecule has 16 heavy (non-hydrogen) atoms. The molecular formula is C12H10BrN3. The van der Waals surface area contributed by atoms with E-state index in [1.165, 1.54) is 0 Å². The summed E-state index contributed by atoms with van der Waals surface area (Å²) in [7, 11) is 0. The summed E-state index contributed by atoms with van der Waals surface area (Å²) in [5, 5.41) is 4.13. The van der Waals surface area contributed by atoms with E-state index in [0.717, 1.165) is 15.9 Å². The Hall–Kier alpha value is -1.68. The van der Waals surface area contributed by atoms with Gasteiger partial charge in [0.1, 0.15) is 4.60 Å². The Morgan fingerprint density at radius 1 is 1.12 bits per heavy atom. The fourth-order valence-electron chi connectivity index (χ4n) is 1.18. The van der Waals surface area contributed by atoms with Gasteiger partial charge in [-0.3, -0.25) is 5.43 Å². The van der Waals surface area contributed by atoms with Crippen LogP contribution in [-0.2, 0) is 0 Å². The number of hydrogen-bond acceptors (Lipinski definition) is 3. The second-order valence-corrected chi connectivity index (χ2v) is 3.87. The van der Waals surface area contributed by atoms with Crippen molar-refractivity contribution in [1.29, 1.82) is 0 Å². The number of rotatable bonds is 3. The lowest BCUT2D eigenvalue weighted by Crippen LogP contribution is -1.91. The van der Waals surface area contributed by atoms with E-state index in [2.05, 4.69) is 31.4 Å². The molecule has 2 aromatic rings. The van der Waals surface area contributed by atoms with E-state index >= 15 is 0 Å². The van der Waals surface area contributed by atoms with Gasteiger partial charge in [-0.2, -0.15) is 5.10 Å². The topological polar surface area (TPSA) is 37.3 Å². The molecule has 1 aromatic carbocycles. The maximum Gasteiger partial charge on any atom is 0.114 e. The van der Waals surface area contributed by atoms with Crippen LogP contribution >= 0.6 is 15.9 Å². The maximum atomic E-state index is 4.13. The Labute approximate surface area is 102 Å². The smallest absolute Gasteiger partial charge is 0.114 e. The summed E-state index contributed by atoms with van der Waals surface area (Å²) in [6.07, 6.45) is 3.45. The average Bonchev–Trinajstić information content (AvgIpc) is 2.33. The van der Waals surface area contributed by atoms with Crippen LogP contribution in [0.4, 0.5) is 5.69 Å². The summed E-state index contributed by atoms with van der Waals surface area (Å²) in [5.74, 6) is 0. The summed E-state index contributed by atoms with van der Waals surface area (Å²) in [4.78, 5) is 4.10. The lowest BCUT2D eigenvalue weighted by molar-refractivity contribution is 1.26. The molecule has 0 fully saturated rings. The molecule has 0 atom stereocenters. The zero-order valence-electron chi connectivity index (χ0n) is 8.47. The van der Waals surface area contributed by atoms with Crippen molar-refractivity contribution < 1.29 is 0 Å². The molecule has 0 aliphatic heterocycles. The molecule has 1 heterocycles. The minimum absolute atomic E-state index is 0.786. The van der Waals surface area contributed by atoms with Crippen molar-refractivity contribution in [1.82, 2.24) is 4.98 Å². The molecule has 2 rings (SSSR count). The van der Waals surface area contributed by atoms with Crippen molar-refractivity contribution in [3.05, 3.63) is 58.8 Å². The zero-order chi connectivity index (χ0) is 11.2. The minimum atomic E-state index is 0.786. The summed E-state index contributed by atoms with van der Waals surface area (Å²) in [6, 6.07) is 13.6. The van der Waals surface area contributed by atoms with Gasteiger partial charge in [-0.25, -0.2) is 4.98 Å². The highest BCUT2D eigenvalue weighted by molar-refractivity contribution is 9.10. The second-order valence-electron chi connectivity index (χ2n) is 3.12. The van der Waals surface area contributed by atoms with Gasteiger partial charge in [0.05, 0.1) is 11.9 Å². The SMILES string of the molecule is Brc1ncccc1C=NNc1ccccc1. The van der Waals surface area contributed by atoms with Crippen molar-refractivity contribution in [2.45, 2.75) is 0 Å². The van der Waals surface area contributed by atoms with Crippen LogP contribution in [0.1, 0.15) is 5.56 Å². The Balaban J connectivity index is 2.03. The van der Waals surface area contributed by atoms with Crippen LogP contribution in [0.15, 0.2) is 58.4 Å². The Morgan fingerprint density at radius 3 is 2.69 bits per heavy atom. The molecule has 0 amide bonds. The Kier molecular flexibility index (Phi) is 3.66. The largest absolute Gasteiger partial charge is 0.279 e. The first-order chi connectivity index (χ1) is 7.86. The fourth-order valence-corrected chi connectivity index (χ4v) is 1.54. The van der Waals surface area contributed by atoms with E-state index in [1.54, 1.807) is 12.4 Å². The van der Waals surface area contributed by atoms with Gasteiger partial charge in [-0.15, -0.1) is 0 Å². The summed E-state index contributed by atoms with van der Waals surface area (Å²) in [5.41, 5.74) is 4.83. The molecule has 4 heteroatoms. The lowest BCUT2D eigenvalue weighted by Gasteiger charge is -1.99. The molecule has 1 aromatic heterocycles. The third-order valence-corrected chi connectivity index (χ3v) is 2.62. The van der Waals surface area contributed by atoms with Crippen molar-refractivity contribution in [2.24, 2.45) is 5.10 Å². The van der Waals surface area contributed by atoms with Crippen LogP contribution in [0.3, 0.4) is 0 Å². The van der Waals surface area contributed by atoms with E-state index in [0.29, 0.717) is 0 Å². The van der Waals surface area contributed by atoms with Gasteiger partial charge in [0.15, 0.2) is 0 Å². The number of benzene rings is 1. The van der Waals surface area contributed by atoms with Gasteiger partial charge in [0.25, 0.3) is 0 Å². The normalized spacial score (nSPS) is 10.6. The number of hydrogen-bond donors (Lipinski definition) is 1. The van der Waals surface area contributed by atoms with Crippen molar-refractivity contribution in [3.8, 4) is 0 Å². The van der Waals surface area contributed by atoms with E-state index in [1.807, 2.05) is 42.5 Å². The highest BCUT2D eigenvalue weighted by atomic mass is 79.9. The van der Waals surface area contributed by atoms with Gasteiger partial charge in [0.2, 0.25) is 0 Å². The first kappa shape index (κ1) is 10.8. The van der Waals surface area contributed by atoms with Gasteiger partial charge >= 0.3 is 0 Å². The molecular weight excluding hydrogens is 266 g/mol. The third kappa shape index (κ3) is 2.90. The molecule has 1 N–H and O–H groups in total. The van der Waals surface area contributed by atoms with Crippen LogP contribution in [0.2, 0.25) is 0 Å². The Bertz CT molecular complexity index is 483. The van der Waals surface area contributed by atoms with Crippen LogP contribution in [0.5, 0.6) is 0 Å². The minimum Gasteiger partial charge on any atom is -0.279 e. The van der Waals surface area contributed by atoms with Crippen LogP contribution < -0.4 is 5.43 Å². The predicted octanol–water partition coefficient (Wildman–Crippen LogP) is 3.29. The van der Waals surface area contributed by atoms with Gasteiger partial charge in [-0.05, 0) is 40.2 Å². The monoisotopic (exact) mass is 275 g/mol. The summed E-state index contributed by atoms with van der Waals surface area (Å²) in [6.45, 7) is 0. The van der Waals surface area contributed by atoms with Crippen molar-refractivity contribution >= 4 is 27.8 Å². The molecule has 0 spiro atoms. The molecule has 0 radical (unpaired) electrons. The van der Waals surface area contributed by atoms with E-state index in [-0.39, 0.29) is 0 Å². The zero-order valence-corrected chi connectivity index (χ0v) is 10.1. The lowest BCUT2D eigenvalue weighted by atomic mass is 10.3. The van der Waals surface area contributed by atoms with Gasteiger partial charge in [-0.1, -0.05) is 18.2 Å². The highest BCUT2D eigenvalue weighted by Gasteiger charge is 1.94. The molecule has 0 unspecified atom stereocenters. The number of hydrazone groups is 1. The quantitative estimate of drug-likeness (QED) is 0.530. The molecule has 0 aliphatic rings. The van der Waals surface area contributed by atoms with E-state index in [9.17, 15) is 0 Å². The second kappa shape index (κ2) is 5.42. The summed E-state index contributed by atoms with van der Waals surface area (Å²) >= 11 is 3.35. The molecule has 0 bridgehead atoms. The first-order valence-electron chi connectivity index (χ1n) is 4.81. The number of nitrogens with one attached hydrogen (secondary N) is 1. The van der Waals surface area contributed by atoms with Crippen molar-refractivity contribution in [2.75, 3.05) is 5.43 Å². The van der Waals surface area contributed by atoms with E-state index < -0.39 is 0 Å². The number of nitrogens with zero attached hydrogens (tertiary/aromatic N) is 2. The van der Waals surface area contributed by atoms with Gasteiger partial charge < -0.3 is 0 Å². The predicted molar refractivity (Wildman–Crippen MR) is 69.6 cm³/mol. The number of pyridine rings is 1. The number of anilines is 1. The average molecular weight is 276 g/mol.